The molecule has 8 heteroatoms. The van der Waals surface area contributed by atoms with E-state index in [0.717, 1.165) is 11.4 Å². The Balaban J connectivity index is 2.27. The van der Waals surface area contributed by atoms with Gasteiger partial charge in [-0.1, -0.05) is 6.92 Å². The number of aryl methyl sites for hydroxylation is 1. The van der Waals surface area contributed by atoms with E-state index in [2.05, 4.69) is 32.9 Å². The van der Waals surface area contributed by atoms with Crippen molar-refractivity contribution in [2.45, 2.75) is 19.9 Å². The molecule has 21 heavy (non-hydrogen) atoms. The van der Waals surface area contributed by atoms with Gasteiger partial charge in [-0.2, -0.15) is 0 Å². The van der Waals surface area contributed by atoms with E-state index in [0.29, 0.717) is 25.7 Å². The highest BCUT2D eigenvalue weighted by Gasteiger charge is 2.05. The molecule has 1 heterocycles. The molecule has 118 valence electrons. The van der Waals surface area contributed by atoms with Crippen LogP contribution in [0.5, 0.6) is 0 Å². The molecule has 1 rings (SSSR count). The highest BCUT2D eigenvalue weighted by molar-refractivity contribution is 7.11. The summed E-state index contributed by atoms with van der Waals surface area (Å²) in [6.45, 7) is 3.87. The minimum Gasteiger partial charge on any atom is -0.383 e. The third kappa shape index (κ3) is 7.05. The minimum atomic E-state index is -0.0995. The summed E-state index contributed by atoms with van der Waals surface area (Å²) in [5.41, 5.74) is 0. The molecule has 0 fully saturated rings. The predicted molar refractivity (Wildman–Crippen MR) is 84.6 cm³/mol. The molecule has 1 amide bonds. The van der Waals surface area contributed by atoms with E-state index in [4.69, 9.17) is 4.74 Å². The quantitative estimate of drug-likeness (QED) is 0.361. The standard InChI is InChI=1S/C13H23N5O2S/c1-4-10-7-16-12(21-10)9-18-13(14-2)17-8-11(19)15-5-6-20-3/h7H,4-6,8-9H2,1-3H3,(H,15,19)(H2,14,17,18). The van der Waals surface area contributed by atoms with E-state index < -0.39 is 0 Å². The van der Waals surface area contributed by atoms with E-state index in [1.807, 2.05) is 6.20 Å². The van der Waals surface area contributed by atoms with Gasteiger partial charge < -0.3 is 20.7 Å². The molecular weight excluding hydrogens is 290 g/mol. The van der Waals surface area contributed by atoms with Crippen LogP contribution in [-0.4, -0.2) is 50.7 Å². The number of carbonyl (C=O) groups excluding carboxylic acids is 1. The molecule has 0 aromatic carbocycles. The molecule has 1 aromatic rings. The summed E-state index contributed by atoms with van der Waals surface area (Å²) in [6.07, 6.45) is 2.88. The Hall–Kier alpha value is -1.67. The van der Waals surface area contributed by atoms with Crippen LogP contribution < -0.4 is 16.0 Å². The van der Waals surface area contributed by atoms with Crippen molar-refractivity contribution in [2.75, 3.05) is 33.9 Å². The summed E-state index contributed by atoms with van der Waals surface area (Å²) < 4.78 is 4.86. The third-order valence-electron chi connectivity index (χ3n) is 2.63. The summed E-state index contributed by atoms with van der Waals surface area (Å²) in [7, 11) is 3.26. The van der Waals surface area contributed by atoms with Gasteiger partial charge >= 0.3 is 0 Å². The number of amides is 1. The molecule has 1 aromatic heterocycles. The van der Waals surface area contributed by atoms with Crippen LogP contribution in [0.3, 0.4) is 0 Å². The number of thiazole rings is 1. The van der Waals surface area contributed by atoms with Gasteiger partial charge in [0.05, 0.1) is 19.7 Å². The maximum atomic E-state index is 11.5. The lowest BCUT2D eigenvalue weighted by molar-refractivity contribution is -0.120. The Morgan fingerprint density at radius 2 is 2.24 bits per heavy atom. The van der Waals surface area contributed by atoms with Crippen LogP contribution in [0.2, 0.25) is 0 Å². The molecule has 0 saturated heterocycles. The lowest BCUT2D eigenvalue weighted by atomic mass is 10.4. The van der Waals surface area contributed by atoms with Gasteiger partial charge in [0.2, 0.25) is 5.91 Å². The van der Waals surface area contributed by atoms with Crippen LogP contribution in [0.1, 0.15) is 16.8 Å². The summed E-state index contributed by atoms with van der Waals surface area (Å²) in [5.74, 6) is 0.475. The van der Waals surface area contributed by atoms with Gasteiger partial charge in [0, 0.05) is 31.8 Å². The molecule has 0 bridgehead atoms. The predicted octanol–water partition coefficient (Wildman–Crippen LogP) is 0.133. The summed E-state index contributed by atoms with van der Waals surface area (Å²) in [5, 5.41) is 9.81. The number of aromatic nitrogens is 1. The first kappa shape index (κ1) is 17.4. The van der Waals surface area contributed by atoms with Crippen LogP contribution in [0.4, 0.5) is 0 Å². The average Bonchev–Trinajstić information content (AvgIpc) is 2.96. The molecule has 0 atom stereocenters. The number of nitrogens with one attached hydrogen (secondary N) is 3. The van der Waals surface area contributed by atoms with Crippen molar-refractivity contribution in [3.05, 3.63) is 16.1 Å². The Bertz CT molecular complexity index is 461. The second kappa shape index (κ2) is 10.1. The van der Waals surface area contributed by atoms with Crippen molar-refractivity contribution in [1.82, 2.24) is 20.9 Å². The summed E-state index contributed by atoms with van der Waals surface area (Å²) in [6, 6.07) is 0. The van der Waals surface area contributed by atoms with Gasteiger partial charge in [0.15, 0.2) is 5.96 Å². The van der Waals surface area contributed by atoms with Crippen molar-refractivity contribution in [3.8, 4) is 0 Å². The van der Waals surface area contributed by atoms with Crippen LogP contribution in [-0.2, 0) is 22.5 Å². The van der Waals surface area contributed by atoms with Crippen molar-refractivity contribution < 1.29 is 9.53 Å². The minimum absolute atomic E-state index is 0.0995. The Kier molecular flexibility index (Phi) is 8.37. The molecule has 0 unspecified atom stereocenters. The first-order chi connectivity index (χ1) is 10.2. The van der Waals surface area contributed by atoms with Crippen LogP contribution in [0.15, 0.2) is 11.2 Å². The fourth-order valence-electron chi connectivity index (χ4n) is 1.49. The molecule has 0 saturated carbocycles. The van der Waals surface area contributed by atoms with Gasteiger partial charge in [-0.05, 0) is 6.42 Å². The molecule has 0 aliphatic heterocycles. The maximum Gasteiger partial charge on any atom is 0.239 e. The van der Waals surface area contributed by atoms with Crippen LogP contribution >= 0.6 is 11.3 Å². The molecule has 7 nitrogen and oxygen atoms in total. The van der Waals surface area contributed by atoms with Gasteiger partial charge in [-0.3, -0.25) is 9.79 Å². The molecule has 0 aliphatic carbocycles. The van der Waals surface area contributed by atoms with Gasteiger partial charge in [0.1, 0.15) is 5.01 Å². The first-order valence-electron chi connectivity index (χ1n) is 6.83. The normalized spacial score (nSPS) is 11.3. The van der Waals surface area contributed by atoms with Crippen molar-refractivity contribution >= 4 is 23.2 Å². The monoisotopic (exact) mass is 313 g/mol. The number of methoxy groups -OCH3 is 1. The SMILES string of the molecule is CCc1cnc(CNC(=NC)NCC(=O)NCCOC)s1. The topological polar surface area (TPSA) is 87.6 Å². The molecule has 0 aliphatic rings. The van der Waals surface area contributed by atoms with Crippen molar-refractivity contribution in [3.63, 3.8) is 0 Å². The molecule has 0 radical (unpaired) electrons. The van der Waals surface area contributed by atoms with Crippen LogP contribution in [0.25, 0.3) is 0 Å². The van der Waals surface area contributed by atoms with Gasteiger partial charge in [0.25, 0.3) is 0 Å². The number of hydrogen-bond donors (Lipinski definition) is 3. The Labute approximate surface area is 129 Å². The lowest BCUT2D eigenvalue weighted by Gasteiger charge is -2.10. The summed E-state index contributed by atoms with van der Waals surface area (Å²) in [4.78, 5) is 21.2. The van der Waals surface area contributed by atoms with E-state index in [9.17, 15) is 4.79 Å². The van der Waals surface area contributed by atoms with E-state index >= 15 is 0 Å². The van der Waals surface area contributed by atoms with Gasteiger partial charge in [-0.15, -0.1) is 11.3 Å². The zero-order valence-corrected chi connectivity index (χ0v) is 13.5. The number of rotatable bonds is 8. The number of hydrogen-bond acceptors (Lipinski definition) is 5. The van der Waals surface area contributed by atoms with Crippen molar-refractivity contribution in [2.24, 2.45) is 4.99 Å². The number of guanidine groups is 1. The number of aliphatic imine (C=N–C) groups is 1. The highest BCUT2D eigenvalue weighted by atomic mass is 32.1. The second-order valence-corrected chi connectivity index (χ2v) is 5.40. The fourth-order valence-corrected chi connectivity index (χ4v) is 2.29. The van der Waals surface area contributed by atoms with E-state index in [1.165, 1.54) is 4.88 Å². The maximum absolute atomic E-state index is 11.5. The largest absolute Gasteiger partial charge is 0.383 e. The number of carbonyl (C=O) groups is 1. The van der Waals surface area contributed by atoms with Crippen LogP contribution in [0, 0.1) is 0 Å². The smallest absolute Gasteiger partial charge is 0.239 e. The highest BCUT2D eigenvalue weighted by Crippen LogP contribution is 2.12. The third-order valence-corrected chi connectivity index (χ3v) is 3.77. The first-order valence-corrected chi connectivity index (χ1v) is 7.65. The molecule has 0 spiro atoms. The van der Waals surface area contributed by atoms with E-state index in [1.54, 1.807) is 25.5 Å². The Morgan fingerprint density at radius 3 is 2.86 bits per heavy atom. The fraction of sp³-hybridized carbons (Fsp3) is 0.615. The zero-order valence-electron chi connectivity index (χ0n) is 12.7. The number of nitrogens with zero attached hydrogens (tertiary/aromatic N) is 2. The average molecular weight is 313 g/mol. The van der Waals surface area contributed by atoms with Gasteiger partial charge in [-0.25, -0.2) is 4.98 Å². The Morgan fingerprint density at radius 1 is 1.43 bits per heavy atom. The lowest BCUT2D eigenvalue weighted by Crippen LogP contribution is -2.43. The second-order valence-electron chi connectivity index (χ2n) is 4.20. The zero-order chi connectivity index (χ0) is 15.5. The molecule has 3 N–H and O–H groups in total. The van der Waals surface area contributed by atoms with Crippen molar-refractivity contribution in [1.29, 1.82) is 0 Å². The molecular formula is C13H23N5O2S. The van der Waals surface area contributed by atoms with E-state index in [-0.39, 0.29) is 12.5 Å². The number of ether oxygens (including phenoxy) is 1. The summed E-state index contributed by atoms with van der Waals surface area (Å²) >= 11 is 1.67.